The normalized spacial score (nSPS) is 17.2. The Morgan fingerprint density at radius 2 is 2.00 bits per heavy atom. The molecule has 1 N–H and O–H groups in total. The highest BCUT2D eigenvalue weighted by molar-refractivity contribution is 9.10. The van der Waals surface area contributed by atoms with Crippen molar-refractivity contribution < 1.29 is 4.79 Å². The summed E-state index contributed by atoms with van der Waals surface area (Å²) < 4.78 is 1.03. The van der Waals surface area contributed by atoms with Crippen LogP contribution in [0, 0.1) is 0 Å². The molecule has 1 aliphatic rings. The number of hydrogen-bond acceptors (Lipinski definition) is 2. The third kappa shape index (κ3) is 1.96. The van der Waals surface area contributed by atoms with Crippen LogP contribution in [0.2, 0.25) is 0 Å². The number of piperazine rings is 1. The van der Waals surface area contributed by atoms with E-state index in [0.717, 1.165) is 23.2 Å². The first-order valence-electron chi connectivity index (χ1n) is 4.54. The van der Waals surface area contributed by atoms with Gasteiger partial charge in [0, 0.05) is 23.2 Å². The second-order valence-corrected chi connectivity index (χ2v) is 4.11. The molecule has 4 heteroatoms. The number of nitrogens with zero attached hydrogens (tertiary/aromatic N) is 1. The van der Waals surface area contributed by atoms with Gasteiger partial charge >= 0.3 is 0 Å². The number of amides is 1. The third-order valence-electron chi connectivity index (χ3n) is 2.23. The number of rotatable bonds is 1. The number of carbonyl (C=O) groups excluding carboxylic acids is 1. The third-order valence-corrected chi connectivity index (χ3v) is 2.76. The summed E-state index contributed by atoms with van der Waals surface area (Å²) in [5.74, 6) is 0.138. The number of hydrogen-bond donors (Lipinski definition) is 1. The SMILES string of the molecule is O=C1CNCCN1c1ccc(Br)cc1. The predicted molar refractivity (Wildman–Crippen MR) is 59.4 cm³/mol. The Morgan fingerprint density at radius 1 is 1.29 bits per heavy atom. The zero-order valence-electron chi connectivity index (χ0n) is 7.66. The average molecular weight is 255 g/mol. The van der Waals surface area contributed by atoms with Crippen LogP contribution < -0.4 is 10.2 Å². The van der Waals surface area contributed by atoms with Crippen LogP contribution in [-0.4, -0.2) is 25.5 Å². The van der Waals surface area contributed by atoms with Crippen LogP contribution >= 0.6 is 15.9 Å². The minimum absolute atomic E-state index is 0.138. The van der Waals surface area contributed by atoms with Crippen LogP contribution in [0.4, 0.5) is 5.69 Å². The fourth-order valence-corrected chi connectivity index (χ4v) is 1.76. The lowest BCUT2D eigenvalue weighted by Gasteiger charge is -2.27. The first kappa shape index (κ1) is 9.68. The molecule has 1 aromatic carbocycles. The molecule has 0 unspecified atom stereocenters. The molecular formula is C10H11BrN2O. The molecule has 0 spiro atoms. The van der Waals surface area contributed by atoms with Crippen molar-refractivity contribution >= 4 is 27.5 Å². The van der Waals surface area contributed by atoms with Gasteiger partial charge in [0.25, 0.3) is 0 Å². The summed E-state index contributed by atoms with van der Waals surface area (Å²) in [6.07, 6.45) is 0. The molecule has 0 bridgehead atoms. The van der Waals surface area contributed by atoms with E-state index >= 15 is 0 Å². The summed E-state index contributed by atoms with van der Waals surface area (Å²) in [4.78, 5) is 13.3. The van der Waals surface area contributed by atoms with Crippen molar-refractivity contribution in [2.24, 2.45) is 0 Å². The van der Waals surface area contributed by atoms with Gasteiger partial charge in [-0.3, -0.25) is 4.79 Å². The molecule has 1 aromatic rings. The summed E-state index contributed by atoms with van der Waals surface area (Å²) >= 11 is 3.37. The van der Waals surface area contributed by atoms with E-state index in [2.05, 4.69) is 21.2 Å². The van der Waals surface area contributed by atoms with E-state index < -0.39 is 0 Å². The molecule has 1 amide bonds. The van der Waals surface area contributed by atoms with E-state index in [0.29, 0.717) is 6.54 Å². The van der Waals surface area contributed by atoms with Crippen molar-refractivity contribution in [1.82, 2.24) is 5.32 Å². The van der Waals surface area contributed by atoms with E-state index in [1.165, 1.54) is 0 Å². The van der Waals surface area contributed by atoms with E-state index in [-0.39, 0.29) is 5.91 Å². The highest BCUT2D eigenvalue weighted by atomic mass is 79.9. The second kappa shape index (κ2) is 4.11. The largest absolute Gasteiger partial charge is 0.310 e. The van der Waals surface area contributed by atoms with Crippen molar-refractivity contribution in [1.29, 1.82) is 0 Å². The summed E-state index contributed by atoms with van der Waals surface area (Å²) in [7, 11) is 0. The summed E-state index contributed by atoms with van der Waals surface area (Å²) in [6, 6.07) is 7.80. The van der Waals surface area contributed by atoms with Gasteiger partial charge in [-0.1, -0.05) is 15.9 Å². The molecule has 1 fully saturated rings. The monoisotopic (exact) mass is 254 g/mol. The van der Waals surface area contributed by atoms with E-state index in [1.54, 1.807) is 0 Å². The minimum atomic E-state index is 0.138. The fraction of sp³-hybridized carbons (Fsp3) is 0.300. The standard InChI is InChI=1S/C10H11BrN2O/c11-8-1-3-9(4-2-8)13-6-5-12-7-10(13)14/h1-4,12H,5-7H2. The maximum absolute atomic E-state index is 11.5. The first-order chi connectivity index (χ1) is 6.77. The van der Waals surface area contributed by atoms with Gasteiger partial charge in [0.05, 0.1) is 6.54 Å². The molecular weight excluding hydrogens is 244 g/mol. The van der Waals surface area contributed by atoms with Gasteiger partial charge in [-0.15, -0.1) is 0 Å². The predicted octanol–water partition coefficient (Wildman–Crippen LogP) is 1.39. The van der Waals surface area contributed by atoms with E-state index in [1.807, 2.05) is 29.2 Å². The van der Waals surface area contributed by atoms with Crippen LogP contribution in [0.1, 0.15) is 0 Å². The fourth-order valence-electron chi connectivity index (χ4n) is 1.50. The van der Waals surface area contributed by atoms with Crippen LogP contribution in [0.15, 0.2) is 28.7 Å². The molecule has 0 atom stereocenters. The maximum atomic E-state index is 11.5. The zero-order valence-corrected chi connectivity index (χ0v) is 9.25. The van der Waals surface area contributed by atoms with Gasteiger partial charge in [0.1, 0.15) is 0 Å². The molecule has 0 aliphatic carbocycles. The van der Waals surface area contributed by atoms with Crippen molar-refractivity contribution in [3.8, 4) is 0 Å². The highest BCUT2D eigenvalue weighted by Gasteiger charge is 2.18. The molecule has 0 saturated carbocycles. The first-order valence-corrected chi connectivity index (χ1v) is 5.33. The maximum Gasteiger partial charge on any atom is 0.240 e. The number of benzene rings is 1. The van der Waals surface area contributed by atoms with Crippen LogP contribution in [0.25, 0.3) is 0 Å². The van der Waals surface area contributed by atoms with Crippen LogP contribution in [0.3, 0.4) is 0 Å². The van der Waals surface area contributed by atoms with Crippen molar-refractivity contribution in [2.45, 2.75) is 0 Å². The molecule has 3 nitrogen and oxygen atoms in total. The van der Waals surface area contributed by atoms with Crippen molar-refractivity contribution in [3.63, 3.8) is 0 Å². The summed E-state index contributed by atoms with van der Waals surface area (Å²) in [6.45, 7) is 2.05. The lowest BCUT2D eigenvalue weighted by molar-refractivity contribution is -0.118. The molecule has 1 saturated heterocycles. The van der Waals surface area contributed by atoms with E-state index in [9.17, 15) is 4.79 Å². The van der Waals surface area contributed by atoms with Crippen molar-refractivity contribution in [3.05, 3.63) is 28.7 Å². The number of nitrogens with one attached hydrogen (secondary N) is 1. The molecule has 74 valence electrons. The quantitative estimate of drug-likeness (QED) is 0.822. The van der Waals surface area contributed by atoms with Gasteiger partial charge in [0.15, 0.2) is 0 Å². The lowest BCUT2D eigenvalue weighted by Crippen LogP contribution is -2.48. The van der Waals surface area contributed by atoms with Gasteiger partial charge in [-0.25, -0.2) is 0 Å². The smallest absolute Gasteiger partial charge is 0.240 e. The summed E-state index contributed by atoms with van der Waals surface area (Å²) in [5.41, 5.74) is 0.972. The van der Waals surface area contributed by atoms with Crippen LogP contribution in [0.5, 0.6) is 0 Å². The van der Waals surface area contributed by atoms with Crippen molar-refractivity contribution in [2.75, 3.05) is 24.5 Å². The van der Waals surface area contributed by atoms with Gasteiger partial charge in [0.2, 0.25) is 5.91 Å². The average Bonchev–Trinajstić information content (AvgIpc) is 2.20. The second-order valence-electron chi connectivity index (χ2n) is 3.20. The Kier molecular flexibility index (Phi) is 2.84. The lowest BCUT2D eigenvalue weighted by atomic mass is 10.2. The number of carbonyl (C=O) groups is 1. The number of halogens is 1. The Hall–Kier alpha value is -0.870. The Labute approximate surface area is 91.2 Å². The topological polar surface area (TPSA) is 32.3 Å². The Bertz CT molecular complexity index is 336. The van der Waals surface area contributed by atoms with Gasteiger partial charge in [-0.2, -0.15) is 0 Å². The minimum Gasteiger partial charge on any atom is -0.310 e. The Balaban J connectivity index is 2.20. The number of anilines is 1. The molecule has 1 aliphatic heterocycles. The van der Waals surface area contributed by atoms with E-state index in [4.69, 9.17) is 0 Å². The Morgan fingerprint density at radius 3 is 2.64 bits per heavy atom. The molecule has 0 aromatic heterocycles. The molecule has 0 radical (unpaired) electrons. The summed E-state index contributed by atoms with van der Waals surface area (Å²) in [5, 5.41) is 3.05. The molecule has 14 heavy (non-hydrogen) atoms. The van der Waals surface area contributed by atoms with Gasteiger partial charge < -0.3 is 10.2 Å². The zero-order chi connectivity index (χ0) is 9.97. The van der Waals surface area contributed by atoms with Crippen LogP contribution in [-0.2, 0) is 4.79 Å². The highest BCUT2D eigenvalue weighted by Crippen LogP contribution is 2.18. The molecule has 2 rings (SSSR count). The van der Waals surface area contributed by atoms with Gasteiger partial charge in [-0.05, 0) is 24.3 Å². The molecule has 1 heterocycles.